The Labute approximate surface area is 117 Å². The summed E-state index contributed by atoms with van der Waals surface area (Å²) in [4.78, 5) is 5.65. The van der Waals surface area contributed by atoms with Crippen molar-refractivity contribution in [3.05, 3.63) is 39.8 Å². The average molecular weight is 278 g/mol. The van der Waals surface area contributed by atoms with E-state index in [1.807, 2.05) is 12.3 Å². The predicted octanol–water partition coefficient (Wildman–Crippen LogP) is 2.71. The Hall–Kier alpha value is -1.59. The summed E-state index contributed by atoms with van der Waals surface area (Å²) < 4.78 is 5.01. The fourth-order valence-corrected chi connectivity index (χ4v) is 2.58. The van der Waals surface area contributed by atoms with Crippen LogP contribution in [0.3, 0.4) is 0 Å². The largest absolute Gasteiger partial charge is 0.504 e. The molecule has 0 spiro atoms. The van der Waals surface area contributed by atoms with Crippen LogP contribution >= 0.6 is 11.3 Å². The highest BCUT2D eigenvalue weighted by Crippen LogP contribution is 2.26. The number of methoxy groups -OCH3 is 1. The summed E-state index contributed by atoms with van der Waals surface area (Å²) >= 11 is 1.73. The van der Waals surface area contributed by atoms with E-state index in [4.69, 9.17) is 4.74 Å². The van der Waals surface area contributed by atoms with Crippen molar-refractivity contribution in [1.82, 2.24) is 10.3 Å². The second-order valence-corrected chi connectivity index (χ2v) is 5.38. The standard InChI is InChI=1S/C14H18N2O2S/c1-3-11-8-16-14(19-11)9-15-7-10-4-5-13(18-2)12(17)6-10/h4-6,8,15,17H,3,7,9H2,1-2H3. The topological polar surface area (TPSA) is 54.4 Å². The fraction of sp³-hybridized carbons (Fsp3) is 0.357. The first kappa shape index (κ1) is 13.8. The number of nitrogens with one attached hydrogen (secondary N) is 1. The zero-order chi connectivity index (χ0) is 13.7. The molecule has 0 saturated heterocycles. The van der Waals surface area contributed by atoms with Gasteiger partial charge in [-0.2, -0.15) is 0 Å². The van der Waals surface area contributed by atoms with Crippen LogP contribution in [0.2, 0.25) is 0 Å². The summed E-state index contributed by atoms with van der Waals surface area (Å²) in [6.45, 7) is 3.57. The minimum atomic E-state index is 0.171. The summed E-state index contributed by atoms with van der Waals surface area (Å²) in [5, 5.41) is 14.1. The molecule has 4 nitrogen and oxygen atoms in total. The highest BCUT2D eigenvalue weighted by atomic mass is 32.1. The van der Waals surface area contributed by atoms with Gasteiger partial charge in [-0.15, -0.1) is 11.3 Å². The lowest BCUT2D eigenvalue weighted by Crippen LogP contribution is -2.12. The van der Waals surface area contributed by atoms with Crippen LogP contribution in [0.25, 0.3) is 0 Å². The summed E-state index contributed by atoms with van der Waals surface area (Å²) in [7, 11) is 1.54. The maximum Gasteiger partial charge on any atom is 0.160 e. The van der Waals surface area contributed by atoms with Gasteiger partial charge in [-0.25, -0.2) is 4.98 Å². The van der Waals surface area contributed by atoms with Gasteiger partial charge < -0.3 is 15.2 Å². The average Bonchev–Trinajstić information content (AvgIpc) is 2.87. The van der Waals surface area contributed by atoms with Crippen molar-refractivity contribution < 1.29 is 9.84 Å². The molecule has 19 heavy (non-hydrogen) atoms. The van der Waals surface area contributed by atoms with E-state index in [0.717, 1.165) is 23.5 Å². The number of phenols is 1. The smallest absolute Gasteiger partial charge is 0.160 e. The molecule has 2 rings (SSSR count). The molecule has 0 aliphatic rings. The van der Waals surface area contributed by atoms with Gasteiger partial charge in [0.05, 0.1) is 7.11 Å². The predicted molar refractivity (Wildman–Crippen MR) is 76.7 cm³/mol. The number of hydrogen-bond acceptors (Lipinski definition) is 5. The Morgan fingerprint density at radius 3 is 2.84 bits per heavy atom. The summed E-state index contributed by atoms with van der Waals surface area (Å²) in [6.07, 6.45) is 2.96. The Kier molecular flexibility index (Phi) is 4.76. The number of benzene rings is 1. The van der Waals surface area contributed by atoms with Crippen molar-refractivity contribution in [1.29, 1.82) is 0 Å². The molecule has 0 radical (unpaired) electrons. The number of thiazole rings is 1. The van der Waals surface area contributed by atoms with Crippen molar-refractivity contribution in [2.24, 2.45) is 0 Å². The van der Waals surface area contributed by atoms with E-state index < -0.39 is 0 Å². The molecule has 0 atom stereocenters. The second-order valence-electron chi connectivity index (χ2n) is 4.18. The number of aromatic nitrogens is 1. The second kappa shape index (κ2) is 6.54. The van der Waals surface area contributed by atoms with E-state index in [0.29, 0.717) is 12.3 Å². The van der Waals surface area contributed by atoms with E-state index in [9.17, 15) is 5.11 Å². The lowest BCUT2D eigenvalue weighted by molar-refractivity contribution is 0.373. The lowest BCUT2D eigenvalue weighted by atomic mass is 10.2. The number of ether oxygens (including phenoxy) is 1. The Morgan fingerprint density at radius 1 is 1.37 bits per heavy atom. The molecular weight excluding hydrogens is 260 g/mol. The van der Waals surface area contributed by atoms with Crippen molar-refractivity contribution >= 4 is 11.3 Å². The maximum absolute atomic E-state index is 9.68. The molecule has 0 unspecified atom stereocenters. The van der Waals surface area contributed by atoms with Crippen LogP contribution in [-0.2, 0) is 19.5 Å². The highest BCUT2D eigenvalue weighted by molar-refractivity contribution is 7.11. The third kappa shape index (κ3) is 3.68. The molecule has 0 aliphatic heterocycles. The van der Waals surface area contributed by atoms with Crippen LogP contribution in [0, 0.1) is 0 Å². The van der Waals surface area contributed by atoms with Crippen LogP contribution in [0.1, 0.15) is 22.4 Å². The molecule has 0 fully saturated rings. The zero-order valence-electron chi connectivity index (χ0n) is 11.1. The normalized spacial score (nSPS) is 10.6. The molecule has 5 heteroatoms. The Morgan fingerprint density at radius 2 is 2.21 bits per heavy atom. The van der Waals surface area contributed by atoms with Gasteiger partial charge in [0.1, 0.15) is 5.01 Å². The minimum Gasteiger partial charge on any atom is -0.504 e. The van der Waals surface area contributed by atoms with E-state index in [2.05, 4.69) is 17.2 Å². The number of aromatic hydroxyl groups is 1. The fourth-order valence-electron chi connectivity index (χ4n) is 1.75. The molecular formula is C14H18N2O2S. The summed E-state index contributed by atoms with van der Waals surface area (Å²) in [5.41, 5.74) is 1.02. The van der Waals surface area contributed by atoms with E-state index in [1.165, 1.54) is 4.88 Å². The van der Waals surface area contributed by atoms with Gasteiger partial charge in [0.25, 0.3) is 0 Å². The first-order valence-electron chi connectivity index (χ1n) is 6.23. The van der Waals surface area contributed by atoms with Gasteiger partial charge >= 0.3 is 0 Å². The molecule has 1 aromatic carbocycles. The molecule has 2 aromatic rings. The molecule has 0 saturated carbocycles. The van der Waals surface area contributed by atoms with E-state index in [1.54, 1.807) is 30.6 Å². The van der Waals surface area contributed by atoms with Crippen molar-refractivity contribution in [3.63, 3.8) is 0 Å². The van der Waals surface area contributed by atoms with Crippen molar-refractivity contribution in [2.45, 2.75) is 26.4 Å². The zero-order valence-corrected chi connectivity index (χ0v) is 12.0. The van der Waals surface area contributed by atoms with Gasteiger partial charge in [-0.05, 0) is 24.1 Å². The van der Waals surface area contributed by atoms with Crippen LogP contribution in [0.4, 0.5) is 0 Å². The van der Waals surface area contributed by atoms with Crippen molar-refractivity contribution in [3.8, 4) is 11.5 Å². The number of phenolic OH excluding ortho intramolecular Hbond substituents is 1. The van der Waals surface area contributed by atoms with Crippen LogP contribution in [-0.4, -0.2) is 17.2 Å². The summed E-state index contributed by atoms with van der Waals surface area (Å²) in [5.74, 6) is 0.667. The van der Waals surface area contributed by atoms with Gasteiger partial charge in [-0.1, -0.05) is 13.0 Å². The third-order valence-corrected chi connectivity index (χ3v) is 3.94. The molecule has 2 N–H and O–H groups in total. The van der Waals surface area contributed by atoms with Crippen LogP contribution in [0.5, 0.6) is 11.5 Å². The lowest BCUT2D eigenvalue weighted by Gasteiger charge is -2.06. The number of hydrogen-bond donors (Lipinski definition) is 2. The molecule has 0 amide bonds. The van der Waals surface area contributed by atoms with Gasteiger partial charge in [0.15, 0.2) is 11.5 Å². The van der Waals surface area contributed by atoms with Crippen LogP contribution < -0.4 is 10.1 Å². The minimum absolute atomic E-state index is 0.171. The van der Waals surface area contributed by atoms with Gasteiger partial charge in [0.2, 0.25) is 0 Å². The first-order valence-corrected chi connectivity index (χ1v) is 7.04. The Balaban J connectivity index is 1.87. The third-order valence-electron chi connectivity index (χ3n) is 2.80. The van der Waals surface area contributed by atoms with Gasteiger partial charge in [0, 0.05) is 24.2 Å². The van der Waals surface area contributed by atoms with E-state index >= 15 is 0 Å². The van der Waals surface area contributed by atoms with Crippen LogP contribution in [0.15, 0.2) is 24.4 Å². The van der Waals surface area contributed by atoms with Crippen molar-refractivity contribution in [2.75, 3.05) is 7.11 Å². The Bertz CT molecular complexity index is 540. The maximum atomic E-state index is 9.68. The molecule has 1 aromatic heterocycles. The summed E-state index contributed by atoms with van der Waals surface area (Å²) in [6, 6.07) is 5.42. The first-order chi connectivity index (χ1) is 9.22. The SMILES string of the molecule is CCc1cnc(CNCc2ccc(OC)c(O)c2)s1. The number of rotatable bonds is 6. The molecule has 1 heterocycles. The van der Waals surface area contributed by atoms with E-state index in [-0.39, 0.29) is 5.75 Å². The van der Waals surface area contributed by atoms with Gasteiger partial charge in [-0.3, -0.25) is 0 Å². The number of aryl methyl sites for hydroxylation is 1. The molecule has 0 aliphatic carbocycles. The quantitative estimate of drug-likeness (QED) is 0.853. The highest BCUT2D eigenvalue weighted by Gasteiger charge is 2.03. The molecule has 102 valence electrons. The monoisotopic (exact) mass is 278 g/mol. The molecule has 0 bridgehead atoms. The number of nitrogens with zero attached hydrogens (tertiary/aromatic N) is 1.